The highest BCUT2D eigenvalue weighted by Gasteiger charge is 2.33. The smallest absolute Gasteiger partial charge is 0.266 e. The van der Waals surface area contributed by atoms with E-state index in [2.05, 4.69) is 43.5 Å². The van der Waals surface area contributed by atoms with Crippen molar-refractivity contribution in [2.45, 2.75) is 0 Å². The molecule has 0 radical (unpaired) electrons. The second-order valence-corrected chi connectivity index (χ2v) is 8.70. The maximum Gasteiger partial charge on any atom is 0.266 e. The van der Waals surface area contributed by atoms with Crippen LogP contribution in [-0.2, 0) is 9.53 Å². The molecule has 1 fully saturated rings. The van der Waals surface area contributed by atoms with E-state index in [0.717, 1.165) is 10.2 Å². The van der Waals surface area contributed by atoms with Crippen molar-refractivity contribution in [3.63, 3.8) is 0 Å². The Bertz CT molecular complexity index is 919. The van der Waals surface area contributed by atoms with Gasteiger partial charge < -0.3 is 9.84 Å². The van der Waals surface area contributed by atoms with Crippen molar-refractivity contribution in [1.29, 1.82) is 0 Å². The van der Waals surface area contributed by atoms with Gasteiger partial charge in [0.2, 0.25) is 0 Å². The number of thioether (sulfide) groups is 1. The molecule has 0 aliphatic carbocycles. The second-order valence-electron chi connectivity index (χ2n) is 5.62. The molecule has 1 aliphatic rings. The number of hydrogen-bond acceptors (Lipinski definition) is 5. The van der Waals surface area contributed by atoms with Gasteiger partial charge in [0.1, 0.15) is 5.75 Å². The van der Waals surface area contributed by atoms with Crippen LogP contribution in [0.15, 0.2) is 56.8 Å². The molecule has 0 spiro atoms. The van der Waals surface area contributed by atoms with Crippen LogP contribution in [-0.4, -0.2) is 41.3 Å². The SMILES string of the molecule is COCCN1C(=O)/C(=C\c2cc(Br)cc(I)c2O)SC1=Nc1ccccc1. The molecule has 3 rings (SSSR count). The van der Waals surface area contributed by atoms with Crippen molar-refractivity contribution in [2.75, 3.05) is 20.3 Å². The molecule has 140 valence electrons. The number of ether oxygens (including phenoxy) is 1. The summed E-state index contributed by atoms with van der Waals surface area (Å²) in [4.78, 5) is 19.6. The Labute approximate surface area is 183 Å². The Morgan fingerprint density at radius 3 is 2.78 bits per heavy atom. The number of hydrogen-bond donors (Lipinski definition) is 1. The Morgan fingerprint density at radius 2 is 2.07 bits per heavy atom. The van der Waals surface area contributed by atoms with Gasteiger partial charge in [-0.3, -0.25) is 9.69 Å². The molecule has 1 heterocycles. The molecular weight excluding hydrogens is 543 g/mol. The van der Waals surface area contributed by atoms with Crippen LogP contribution in [0.3, 0.4) is 0 Å². The molecule has 1 aliphatic heterocycles. The number of nitrogens with zero attached hydrogens (tertiary/aromatic N) is 2. The summed E-state index contributed by atoms with van der Waals surface area (Å²) in [5.41, 5.74) is 1.36. The molecule has 0 bridgehead atoms. The number of carbonyl (C=O) groups is 1. The minimum atomic E-state index is -0.152. The Kier molecular flexibility index (Phi) is 6.96. The second kappa shape index (κ2) is 9.22. The normalized spacial score (nSPS) is 17.3. The van der Waals surface area contributed by atoms with Gasteiger partial charge in [-0.25, -0.2) is 4.99 Å². The number of rotatable bonds is 5. The average molecular weight is 559 g/mol. The van der Waals surface area contributed by atoms with Crippen LogP contribution in [0.1, 0.15) is 5.56 Å². The van der Waals surface area contributed by atoms with Gasteiger partial charge in [-0.05, 0) is 64.7 Å². The number of methoxy groups -OCH3 is 1. The van der Waals surface area contributed by atoms with E-state index in [1.54, 1.807) is 24.2 Å². The molecule has 1 saturated heterocycles. The lowest BCUT2D eigenvalue weighted by Crippen LogP contribution is -2.32. The number of aromatic hydroxyl groups is 1. The maximum atomic E-state index is 12.9. The van der Waals surface area contributed by atoms with Gasteiger partial charge in [-0.2, -0.15) is 0 Å². The fourth-order valence-corrected chi connectivity index (χ4v) is 4.99. The van der Waals surface area contributed by atoms with Crippen LogP contribution >= 0.6 is 50.3 Å². The summed E-state index contributed by atoms with van der Waals surface area (Å²) < 4.78 is 6.67. The van der Waals surface area contributed by atoms with E-state index in [-0.39, 0.29) is 11.7 Å². The Morgan fingerprint density at radius 1 is 1.33 bits per heavy atom. The molecule has 1 N–H and O–H groups in total. The third kappa shape index (κ3) is 4.92. The predicted molar refractivity (Wildman–Crippen MR) is 121 cm³/mol. The fraction of sp³-hybridized carbons (Fsp3) is 0.158. The molecule has 0 aromatic heterocycles. The van der Waals surface area contributed by atoms with Crippen LogP contribution in [0.4, 0.5) is 5.69 Å². The number of para-hydroxylation sites is 1. The van der Waals surface area contributed by atoms with E-state index in [0.29, 0.717) is 32.4 Å². The number of aliphatic imine (C=N–C) groups is 1. The summed E-state index contributed by atoms with van der Waals surface area (Å²) in [6.07, 6.45) is 1.70. The zero-order valence-electron chi connectivity index (χ0n) is 14.4. The number of halogens is 2. The first-order valence-electron chi connectivity index (χ1n) is 8.01. The number of amidine groups is 1. The van der Waals surface area contributed by atoms with Gasteiger partial charge in [0.25, 0.3) is 5.91 Å². The third-order valence-electron chi connectivity index (χ3n) is 3.73. The van der Waals surface area contributed by atoms with Gasteiger partial charge in [-0.1, -0.05) is 34.1 Å². The van der Waals surface area contributed by atoms with Gasteiger partial charge in [0, 0.05) is 17.1 Å². The van der Waals surface area contributed by atoms with Crippen LogP contribution in [0.25, 0.3) is 6.08 Å². The van der Waals surface area contributed by atoms with Gasteiger partial charge in [-0.15, -0.1) is 0 Å². The van der Waals surface area contributed by atoms with Crippen molar-refractivity contribution in [3.05, 3.63) is 61.0 Å². The van der Waals surface area contributed by atoms with Gasteiger partial charge in [0.15, 0.2) is 5.17 Å². The summed E-state index contributed by atoms with van der Waals surface area (Å²) in [6, 6.07) is 13.1. The lowest BCUT2D eigenvalue weighted by Gasteiger charge is -2.14. The topological polar surface area (TPSA) is 62.1 Å². The molecule has 2 aromatic rings. The number of phenols is 1. The van der Waals surface area contributed by atoms with Crippen molar-refractivity contribution in [3.8, 4) is 5.75 Å². The zero-order valence-corrected chi connectivity index (χ0v) is 18.9. The van der Waals surface area contributed by atoms with E-state index in [9.17, 15) is 9.90 Å². The molecule has 5 nitrogen and oxygen atoms in total. The lowest BCUT2D eigenvalue weighted by molar-refractivity contribution is -0.122. The molecule has 1 amide bonds. The average Bonchev–Trinajstić information content (AvgIpc) is 2.93. The summed E-state index contributed by atoms with van der Waals surface area (Å²) in [6.45, 7) is 0.820. The van der Waals surface area contributed by atoms with Crippen LogP contribution < -0.4 is 0 Å². The van der Waals surface area contributed by atoms with Crippen molar-refractivity contribution >= 4 is 73.1 Å². The minimum Gasteiger partial charge on any atom is -0.506 e. The number of carbonyl (C=O) groups excluding carboxylic acids is 1. The molecule has 0 saturated carbocycles. The molecular formula is C19H16BrIN2O3S. The summed E-state index contributed by atoms with van der Waals surface area (Å²) in [5, 5.41) is 10.9. The first-order valence-corrected chi connectivity index (χ1v) is 10.7. The minimum absolute atomic E-state index is 0.150. The van der Waals surface area contributed by atoms with E-state index in [1.807, 2.05) is 36.4 Å². The van der Waals surface area contributed by atoms with E-state index in [1.165, 1.54) is 11.8 Å². The molecule has 8 heteroatoms. The number of phenolic OH excluding ortho intramolecular Hbond substituents is 1. The van der Waals surface area contributed by atoms with Crippen molar-refractivity contribution in [1.82, 2.24) is 4.90 Å². The summed E-state index contributed by atoms with van der Waals surface area (Å²) in [5.74, 6) is -0.00213. The highest BCUT2D eigenvalue weighted by atomic mass is 127. The highest BCUT2D eigenvalue weighted by Crippen LogP contribution is 2.37. The molecule has 2 aromatic carbocycles. The number of amides is 1. The highest BCUT2D eigenvalue weighted by molar-refractivity contribution is 14.1. The molecule has 0 atom stereocenters. The predicted octanol–water partition coefficient (Wildman–Crippen LogP) is 5.01. The quantitative estimate of drug-likeness (QED) is 0.414. The Hall–Kier alpha value is -1.36. The number of benzene rings is 2. The summed E-state index contributed by atoms with van der Waals surface area (Å²) >= 11 is 6.77. The monoisotopic (exact) mass is 558 g/mol. The Balaban J connectivity index is 1.98. The summed E-state index contributed by atoms with van der Waals surface area (Å²) in [7, 11) is 1.60. The van der Waals surface area contributed by atoms with Crippen molar-refractivity contribution in [2.24, 2.45) is 4.99 Å². The van der Waals surface area contributed by atoms with Crippen LogP contribution in [0, 0.1) is 3.57 Å². The zero-order chi connectivity index (χ0) is 19.4. The van der Waals surface area contributed by atoms with E-state index in [4.69, 9.17) is 4.74 Å². The maximum absolute atomic E-state index is 12.9. The molecule has 27 heavy (non-hydrogen) atoms. The van der Waals surface area contributed by atoms with Gasteiger partial charge >= 0.3 is 0 Å². The van der Waals surface area contributed by atoms with Crippen molar-refractivity contribution < 1.29 is 14.6 Å². The standard InChI is InChI=1S/C19H16BrIN2O3S/c1-26-8-7-23-18(25)16(10-12-9-13(20)11-15(21)17(12)24)27-19(23)22-14-5-3-2-4-6-14/h2-6,9-11,24H,7-8H2,1H3/b16-10+,22-19?. The van der Waals surface area contributed by atoms with Crippen LogP contribution in [0.2, 0.25) is 0 Å². The fourth-order valence-electron chi connectivity index (χ4n) is 2.42. The first-order chi connectivity index (χ1) is 13.0. The first kappa shape index (κ1) is 20.4. The lowest BCUT2D eigenvalue weighted by atomic mass is 10.2. The molecule has 0 unspecified atom stereocenters. The van der Waals surface area contributed by atoms with Gasteiger partial charge in [0.05, 0.1) is 27.3 Å². The van der Waals surface area contributed by atoms with Crippen LogP contribution in [0.5, 0.6) is 5.75 Å². The largest absolute Gasteiger partial charge is 0.506 e. The van der Waals surface area contributed by atoms with E-state index >= 15 is 0 Å². The van der Waals surface area contributed by atoms with E-state index < -0.39 is 0 Å². The third-order valence-corrected chi connectivity index (χ3v) is 6.02.